The Morgan fingerprint density at radius 3 is 2.80 bits per heavy atom. The van der Waals surface area contributed by atoms with Gasteiger partial charge in [-0.05, 0) is 6.92 Å². The summed E-state index contributed by atoms with van der Waals surface area (Å²) in [6, 6.07) is 1.72. The van der Waals surface area contributed by atoms with Crippen molar-refractivity contribution in [2.75, 3.05) is 6.61 Å². The summed E-state index contributed by atoms with van der Waals surface area (Å²) in [4.78, 5) is 10.7. The zero-order valence-corrected chi connectivity index (χ0v) is 7.58. The van der Waals surface area contributed by atoms with E-state index in [1.54, 1.807) is 13.0 Å². The molecule has 0 aliphatic rings. The van der Waals surface area contributed by atoms with E-state index in [0.717, 1.165) is 0 Å². The molecule has 4 heteroatoms. The molecule has 0 bridgehead atoms. The molecule has 0 aliphatic heterocycles. The SMILES string of the molecule is CCOC(=O)/C(C#N)=C/I. The number of ether oxygens (including phenoxy) is 1. The summed E-state index contributed by atoms with van der Waals surface area (Å²) in [6.07, 6.45) is 0. The lowest BCUT2D eigenvalue weighted by Crippen LogP contribution is -2.05. The third-order valence-corrected chi connectivity index (χ3v) is 1.35. The Morgan fingerprint density at radius 2 is 2.50 bits per heavy atom. The van der Waals surface area contributed by atoms with Gasteiger partial charge in [0.1, 0.15) is 11.6 Å². The third kappa shape index (κ3) is 2.82. The van der Waals surface area contributed by atoms with Gasteiger partial charge in [-0.25, -0.2) is 4.79 Å². The number of halogens is 1. The minimum atomic E-state index is -0.556. The predicted molar refractivity (Wildman–Crippen MR) is 44.3 cm³/mol. The molecule has 0 rings (SSSR count). The van der Waals surface area contributed by atoms with Crippen LogP contribution in [-0.2, 0) is 9.53 Å². The number of hydrogen-bond acceptors (Lipinski definition) is 3. The van der Waals surface area contributed by atoms with E-state index in [4.69, 9.17) is 5.26 Å². The molecule has 0 spiro atoms. The molecule has 0 N–H and O–H groups in total. The highest BCUT2D eigenvalue weighted by molar-refractivity contribution is 14.1. The largest absolute Gasteiger partial charge is 0.462 e. The summed E-state index contributed by atoms with van der Waals surface area (Å²) < 4.78 is 5.95. The average molecular weight is 251 g/mol. The second kappa shape index (κ2) is 5.23. The van der Waals surface area contributed by atoms with Gasteiger partial charge < -0.3 is 4.74 Å². The van der Waals surface area contributed by atoms with E-state index in [-0.39, 0.29) is 5.57 Å². The summed E-state index contributed by atoms with van der Waals surface area (Å²) in [6.45, 7) is 1.99. The van der Waals surface area contributed by atoms with Crippen molar-refractivity contribution >= 4 is 28.6 Å². The molecule has 0 amide bonds. The van der Waals surface area contributed by atoms with Gasteiger partial charge in [0, 0.05) is 4.08 Å². The molecular formula is C6H6INO2. The summed E-state index contributed by atoms with van der Waals surface area (Å²) in [5.41, 5.74) is 0.0439. The number of rotatable bonds is 2. The monoisotopic (exact) mass is 251 g/mol. The minimum Gasteiger partial charge on any atom is -0.462 e. The Kier molecular flexibility index (Phi) is 4.94. The van der Waals surface area contributed by atoms with Crippen molar-refractivity contribution in [3.05, 3.63) is 9.66 Å². The smallest absolute Gasteiger partial charge is 0.349 e. The van der Waals surface area contributed by atoms with Crippen LogP contribution >= 0.6 is 22.6 Å². The summed E-state index contributed by atoms with van der Waals surface area (Å²) >= 11 is 1.82. The van der Waals surface area contributed by atoms with E-state index in [1.807, 2.05) is 22.6 Å². The van der Waals surface area contributed by atoms with Gasteiger partial charge in [0.25, 0.3) is 0 Å². The van der Waals surface area contributed by atoms with Crippen molar-refractivity contribution in [1.82, 2.24) is 0 Å². The van der Waals surface area contributed by atoms with Crippen LogP contribution < -0.4 is 0 Å². The molecule has 0 aliphatic carbocycles. The van der Waals surface area contributed by atoms with Crippen molar-refractivity contribution < 1.29 is 9.53 Å². The van der Waals surface area contributed by atoms with Gasteiger partial charge in [-0.1, -0.05) is 22.6 Å². The van der Waals surface area contributed by atoms with Crippen molar-refractivity contribution in [3.8, 4) is 6.07 Å². The standard InChI is InChI=1S/C6H6INO2/c1-2-10-6(9)5(3-7)4-8/h3H,2H2,1H3/b5-3+. The number of carbonyl (C=O) groups is 1. The highest BCUT2D eigenvalue weighted by atomic mass is 127. The van der Waals surface area contributed by atoms with Crippen LogP contribution in [0.1, 0.15) is 6.92 Å². The van der Waals surface area contributed by atoms with Gasteiger partial charge in [0.05, 0.1) is 6.61 Å². The van der Waals surface area contributed by atoms with E-state index < -0.39 is 5.97 Å². The van der Waals surface area contributed by atoms with Gasteiger partial charge in [-0.3, -0.25) is 0 Å². The van der Waals surface area contributed by atoms with E-state index in [0.29, 0.717) is 6.61 Å². The Balaban J connectivity index is 4.08. The van der Waals surface area contributed by atoms with Crippen molar-refractivity contribution in [3.63, 3.8) is 0 Å². The normalized spacial score (nSPS) is 10.3. The Morgan fingerprint density at radius 1 is 1.90 bits per heavy atom. The van der Waals surface area contributed by atoms with E-state index >= 15 is 0 Å². The van der Waals surface area contributed by atoms with Gasteiger partial charge in [-0.15, -0.1) is 0 Å². The molecule has 0 unspecified atom stereocenters. The fraction of sp³-hybridized carbons (Fsp3) is 0.333. The molecule has 0 aromatic carbocycles. The summed E-state index contributed by atoms with van der Waals surface area (Å²) in [7, 11) is 0. The number of nitrogens with zero attached hydrogens (tertiary/aromatic N) is 1. The quantitative estimate of drug-likeness (QED) is 0.322. The predicted octanol–water partition coefficient (Wildman–Crippen LogP) is 1.39. The highest BCUT2D eigenvalue weighted by Crippen LogP contribution is 1.99. The zero-order valence-electron chi connectivity index (χ0n) is 5.43. The number of carbonyl (C=O) groups excluding carboxylic acids is 1. The average Bonchev–Trinajstić information content (AvgIpc) is 1.91. The summed E-state index contributed by atoms with van der Waals surface area (Å²) in [5.74, 6) is -0.556. The molecular weight excluding hydrogens is 245 g/mol. The van der Waals surface area contributed by atoms with Crippen LogP contribution in [0.3, 0.4) is 0 Å². The van der Waals surface area contributed by atoms with Crippen molar-refractivity contribution in [2.45, 2.75) is 6.92 Å². The molecule has 0 aromatic heterocycles. The molecule has 0 saturated carbocycles. The maximum atomic E-state index is 10.7. The van der Waals surface area contributed by atoms with Crippen LogP contribution in [0.2, 0.25) is 0 Å². The first kappa shape index (κ1) is 9.43. The molecule has 10 heavy (non-hydrogen) atoms. The molecule has 0 radical (unpaired) electrons. The minimum absolute atomic E-state index is 0.0439. The van der Waals surface area contributed by atoms with Crippen LogP contribution in [0.15, 0.2) is 9.66 Å². The van der Waals surface area contributed by atoms with Crippen LogP contribution in [0.5, 0.6) is 0 Å². The topological polar surface area (TPSA) is 50.1 Å². The molecule has 0 aromatic rings. The molecule has 54 valence electrons. The second-order valence-electron chi connectivity index (χ2n) is 1.36. The fourth-order valence-corrected chi connectivity index (χ4v) is 0.717. The molecule has 3 nitrogen and oxygen atoms in total. The highest BCUT2D eigenvalue weighted by Gasteiger charge is 2.06. The Labute approximate surface area is 72.8 Å². The lowest BCUT2D eigenvalue weighted by Gasteiger charge is -1.96. The first-order valence-electron chi connectivity index (χ1n) is 2.63. The molecule has 0 fully saturated rings. The van der Waals surface area contributed by atoms with Gasteiger partial charge in [0.2, 0.25) is 0 Å². The maximum Gasteiger partial charge on any atom is 0.349 e. The van der Waals surface area contributed by atoms with Crippen molar-refractivity contribution in [1.29, 1.82) is 5.26 Å². The first-order valence-corrected chi connectivity index (χ1v) is 3.88. The van der Waals surface area contributed by atoms with Gasteiger partial charge >= 0.3 is 5.97 Å². The second-order valence-corrected chi connectivity index (χ2v) is 1.98. The van der Waals surface area contributed by atoms with Crippen molar-refractivity contribution in [2.24, 2.45) is 0 Å². The van der Waals surface area contributed by atoms with Crippen LogP contribution in [0.25, 0.3) is 0 Å². The van der Waals surface area contributed by atoms with Crippen LogP contribution in [0.4, 0.5) is 0 Å². The van der Waals surface area contributed by atoms with Gasteiger partial charge in [-0.2, -0.15) is 5.26 Å². The first-order chi connectivity index (χ1) is 4.76. The number of esters is 1. The van der Waals surface area contributed by atoms with E-state index in [9.17, 15) is 4.79 Å². The fourth-order valence-electron chi connectivity index (χ4n) is 0.323. The molecule has 0 saturated heterocycles. The lowest BCUT2D eigenvalue weighted by atomic mass is 10.3. The Hall–Kier alpha value is -0.570. The maximum absolute atomic E-state index is 10.7. The zero-order chi connectivity index (χ0) is 7.98. The van der Waals surface area contributed by atoms with Gasteiger partial charge in [0.15, 0.2) is 0 Å². The third-order valence-electron chi connectivity index (χ3n) is 0.725. The summed E-state index contributed by atoms with van der Waals surface area (Å²) in [5, 5.41) is 8.30. The number of nitriles is 1. The Bertz CT molecular complexity index is 192. The van der Waals surface area contributed by atoms with Crippen LogP contribution in [-0.4, -0.2) is 12.6 Å². The molecule has 0 heterocycles. The molecule has 0 atom stereocenters. The van der Waals surface area contributed by atoms with E-state index in [2.05, 4.69) is 4.74 Å². The lowest BCUT2D eigenvalue weighted by molar-refractivity contribution is -0.137. The van der Waals surface area contributed by atoms with Crippen LogP contribution in [0, 0.1) is 11.3 Å². The number of hydrogen-bond donors (Lipinski definition) is 0. The van der Waals surface area contributed by atoms with E-state index in [1.165, 1.54) is 4.08 Å².